The van der Waals surface area contributed by atoms with E-state index in [1.807, 2.05) is 6.92 Å². The summed E-state index contributed by atoms with van der Waals surface area (Å²) in [5.41, 5.74) is 1.42. The van der Waals surface area contributed by atoms with Crippen molar-refractivity contribution < 1.29 is 22.7 Å². The molecule has 1 aliphatic rings. The highest BCUT2D eigenvalue weighted by Gasteiger charge is 2.39. The summed E-state index contributed by atoms with van der Waals surface area (Å²) in [5, 5.41) is 8.20. The molecule has 160 valence electrons. The lowest BCUT2D eigenvalue weighted by Gasteiger charge is -2.16. The molecule has 3 N–H and O–H groups in total. The average Bonchev–Trinajstić information content (AvgIpc) is 3.00. The van der Waals surface area contributed by atoms with Gasteiger partial charge in [0.25, 0.3) is 5.91 Å². The standard InChI is InChI=1S/C21H25N3O5S/c1-2-13-29-17-7-5-16(6-8-17)24-20(25)14-19(21(24)26)23-12-11-15-3-9-18(10-4-15)30(22,27)28/h3-10,19,23H,2,11-14H2,1H3,(H2,22,27,28)/t19-/m1/s1. The number of nitrogens with one attached hydrogen (secondary N) is 1. The van der Waals surface area contributed by atoms with Gasteiger partial charge in [-0.1, -0.05) is 19.1 Å². The molecule has 2 aromatic carbocycles. The zero-order valence-electron chi connectivity index (χ0n) is 16.7. The highest BCUT2D eigenvalue weighted by Crippen LogP contribution is 2.25. The highest BCUT2D eigenvalue weighted by molar-refractivity contribution is 7.89. The molecule has 1 fully saturated rings. The van der Waals surface area contributed by atoms with Crippen molar-refractivity contribution in [2.24, 2.45) is 5.14 Å². The smallest absolute Gasteiger partial charge is 0.251 e. The van der Waals surface area contributed by atoms with Crippen LogP contribution in [0.15, 0.2) is 53.4 Å². The number of carbonyl (C=O) groups excluding carboxylic acids is 2. The Morgan fingerprint density at radius 3 is 2.37 bits per heavy atom. The molecule has 8 nitrogen and oxygen atoms in total. The van der Waals surface area contributed by atoms with Gasteiger partial charge in [-0.2, -0.15) is 0 Å². The van der Waals surface area contributed by atoms with Crippen LogP contribution < -0.4 is 20.1 Å². The fourth-order valence-corrected chi connectivity index (χ4v) is 3.73. The van der Waals surface area contributed by atoms with Crippen molar-refractivity contribution in [1.29, 1.82) is 0 Å². The van der Waals surface area contributed by atoms with Gasteiger partial charge in [0.2, 0.25) is 15.9 Å². The zero-order valence-corrected chi connectivity index (χ0v) is 17.5. The number of rotatable bonds is 9. The Hall–Kier alpha value is -2.75. The molecule has 3 rings (SSSR count). The molecule has 0 spiro atoms. The fraction of sp³-hybridized carbons (Fsp3) is 0.333. The molecule has 0 saturated carbocycles. The van der Waals surface area contributed by atoms with E-state index in [1.54, 1.807) is 36.4 Å². The van der Waals surface area contributed by atoms with Crippen LogP contribution in [-0.4, -0.2) is 39.4 Å². The number of ether oxygens (including phenoxy) is 1. The van der Waals surface area contributed by atoms with Crippen molar-refractivity contribution in [3.05, 3.63) is 54.1 Å². The zero-order chi connectivity index (χ0) is 21.7. The van der Waals surface area contributed by atoms with Gasteiger partial charge in [0.15, 0.2) is 0 Å². The number of nitrogens with two attached hydrogens (primary N) is 1. The second kappa shape index (κ2) is 9.38. The summed E-state index contributed by atoms with van der Waals surface area (Å²) in [6.45, 7) is 3.09. The van der Waals surface area contributed by atoms with Crippen LogP contribution in [-0.2, 0) is 26.0 Å². The van der Waals surface area contributed by atoms with Crippen LogP contribution in [0.1, 0.15) is 25.3 Å². The summed E-state index contributed by atoms with van der Waals surface area (Å²) >= 11 is 0. The second-order valence-corrected chi connectivity index (χ2v) is 8.62. The van der Waals surface area contributed by atoms with Crippen LogP contribution in [0.2, 0.25) is 0 Å². The topological polar surface area (TPSA) is 119 Å². The fourth-order valence-electron chi connectivity index (χ4n) is 3.21. The molecule has 0 aromatic heterocycles. The molecule has 1 atom stereocenters. The van der Waals surface area contributed by atoms with E-state index >= 15 is 0 Å². The van der Waals surface area contributed by atoms with Crippen LogP contribution in [0.3, 0.4) is 0 Å². The van der Waals surface area contributed by atoms with Gasteiger partial charge in [-0.05, 0) is 61.3 Å². The van der Waals surface area contributed by atoms with Crippen LogP contribution in [0.4, 0.5) is 5.69 Å². The number of benzene rings is 2. The lowest BCUT2D eigenvalue weighted by atomic mass is 10.1. The minimum absolute atomic E-state index is 0.0533. The van der Waals surface area contributed by atoms with Gasteiger partial charge < -0.3 is 10.1 Å². The molecule has 0 bridgehead atoms. The maximum Gasteiger partial charge on any atom is 0.251 e. The first-order chi connectivity index (χ1) is 14.3. The first-order valence-electron chi connectivity index (χ1n) is 9.74. The van der Waals surface area contributed by atoms with Crippen LogP contribution >= 0.6 is 0 Å². The van der Waals surface area contributed by atoms with E-state index in [0.717, 1.165) is 12.0 Å². The number of anilines is 1. The predicted octanol–water partition coefficient (Wildman–Crippen LogP) is 1.59. The van der Waals surface area contributed by atoms with Crippen molar-refractivity contribution in [2.75, 3.05) is 18.1 Å². The van der Waals surface area contributed by atoms with Gasteiger partial charge in [-0.3, -0.25) is 9.59 Å². The van der Waals surface area contributed by atoms with E-state index in [0.29, 0.717) is 31.0 Å². The minimum atomic E-state index is -3.72. The second-order valence-electron chi connectivity index (χ2n) is 7.06. The summed E-state index contributed by atoms with van der Waals surface area (Å²) < 4.78 is 28.1. The maximum absolute atomic E-state index is 12.7. The van der Waals surface area contributed by atoms with Crippen LogP contribution in [0.5, 0.6) is 5.75 Å². The van der Waals surface area contributed by atoms with E-state index in [4.69, 9.17) is 9.88 Å². The van der Waals surface area contributed by atoms with E-state index in [1.165, 1.54) is 17.0 Å². The van der Waals surface area contributed by atoms with Crippen molar-refractivity contribution in [3.63, 3.8) is 0 Å². The first-order valence-corrected chi connectivity index (χ1v) is 11.3. The predicted molar refractivity (Wildman–Crippen MR) is 113 cm³/mol. The molecule has 2 amide bonds. The van der Waals surface area contributed by atoms with Gasteiger partial charge in [0, 0.05) is 0 Å². The van der Waals surface area contributed by atoms with Gasteiger partial charge >= 0.3 is 0 Å². The van der Waals surface area contributed by atoms with Gasteiger partial charge in [-0.15, -0.1) is 0 Å². The van der Waals surface area contributed by atoms with Crippen LogP contribution in [0, 0.1) is 0 Å². The van der Waals surface area contributed by atoms with E-state index in [2.05, 4.69) is 5.32 Å². The van der Waals surface area contributed by atoms with Crippen molar-refractivity contribution >= 4 is 27.5 Å². The quantitative estimate of drug-likeness (QED) is 0.582. The Balaban J connectivity index is 1.56. The molecule has 1 aliphatic heterocycles. The lowest BCUT2D eigenvalue weighted by molar-refractivity contribution is -0.121. The molecular weight excluding hydrogens is 406 g/mol. The summed E-state index contributed by atoms with van der Waals surface area (Å²) in [7, 11) is -3.72. The third kappa shape index (κ3) is 5.24. The van der Waals surface area contributed by atoms with Gasteiger partial charge in [-0.25, -0.2) is 18.5 Å². The number of carbonyl (C=O) groups is 2. The number of sulfonamides is 1. The summed E-state index contributed by atoms with van der Waals surface area (Å²) in [4.78, 5) is 26.3. The van der Waals surface area contributed by atoms with Gasteiger partial charge in [0.05, 0.1) is 29.7 Å². The number of amides is 2. The summed E-state index contributed by atoms with van der Waals surface area (Å²) in [6.07, 6.45) is 1.57. The minimum Gasteiger partial charge on any atom is -0.494 e. The third-order valence-electron chi connectivity index (χ3n) is 4.77. The SMILES string of the molecule is CCCOc1ccc(N2C(=O)C[C@@H](NCCc3ccc(S(N)(=O)=O)cc3)C2=O)cc1. The van der Waals surface area contributed by atoms with Crippen molar-refractivity contribution in [3.8, 4) is 5.75 Å². The molecule has 2 aromatic rings. The van der Waals surface area contributed by atoms with Gasteiger partial charge in [0.1, 0.15) is 5.75 Å². The Kier molecular flexibility index (Phi) is 6.86. The third-order valence-corrected chi connectivity index (χ3v) is 5.70. The molecular formula is C21H25N3O5S. The van der Waals surface area contributed by atoms with E-state index in [9.17, 15) is 18.0 Å². The highest BCUT2D eigenvalue weighted by atomic mass is 32.2. The van der Waals surface area contributed by atoms with Crippen LogP contribution in [0.25, 0.3) is 0 Å². The van der Waals surface area contributed by atoms with E-state index < -0.39 is 16.1 Å². The molecule has 1 heterocycles. The Labute approximate surface area is 176 Å². The van der Waals surface area contributed by atoms with Crippen molar-refractivity contribution in [2.45, 2.75) is 37.1 Å². The molecule has 0 aliphatic carbocycles. The summed E-state index contributed by atoms with van der Waals surface area (Å²) in [6, 6.07) is 12.6. The Morgan fingerprint density at radius 1 is 1.10 bits per heavy atom. The number of hydrogen-bond donors (Lipinski definition) is 2. The Morgan fingerprint density at radius 2 is 1.77 bits per heavy atom. The molecule has 1 saturated heterocycles. The largest absolute Gasteiger partial charge is 0.494 e. The Bertz CT molecular complexity index is 1000. The molecule has 0 unspecified atom stereocenters. The molecule has 9 heteroatoms. The number of nitrogens with zero attached hydrogens (tertiary/aromatic N) is 1. The molecule has 0 radical (unpaired) electrons. The van der Waals surface area contributed by atoms with Crippen molar-refractivity contribution in [1.82, 2.24) is 5.32 Å². The number of primary sulfonamides is 1. The monoisotopic (exact) mass is 431 g/mol. The number of imide groups is 1. The lowest BCUT2D eigenvalue weighted by Crippen LogP contribution is -2.39. The summed E-state index contributed by atoms with van der Waals surface area (Å²) in [5.74, 6) is 0.159. The normalized spacial score (nSPS) is 16.9. The molecule has 30 heavy (non-hydrogen) atoms. The first kappa shape index (κ1) is 21.9. The number of hydrogen-bond acceptors (Lipinski definition) is 6. The van der Waals surface area contributed by atoms with E-state index in [-0.39, 0.29) is 23.1 Å². The maximum atomic E-state index is 12.7. The average molecular weight is 432 g/mol.